The van der Waals surface area contributed by atoms with Gasteiger partial charge >= 0.3 is 0 Å². The van der Waals surface area contributed by atoms with Crippen LogP contribution in [0.2, 0.25) is 0 Å². The quantitative estimate of drug-likeness (QED) is 0.807. The Morgan fingerprint density at radius 2 is 2.40 bits per heavy atom. The molecule has 3 rings (SSSR count). The molecular weight excluding hydrogens is 336 g/mol. The Labute approximate surface area is 131 Å². The minimum atomic E-state index is 0.145. The smallest absolute Gasteiger partial charge is 0.271 e. The van der Waals surface area contributed by atoms with E-state index in [2.05, 4.69) is 39.7 Å². The van der Waals surface area contributed by atoms with Gasteiger partial charge in [-0.1, -0.05) is 0 Å². The van der Waals surface area contributed by atoms with Crippen LogP contribution in [0.3, 0.4) is 0 Å². The Morgan fingerprint density at radius 3 is 3.10 bits per heavy atom. The van der Waals surface area contributed by atoms with E-state index < -0.39 is 0 Å². The first-order valence-electron chi connectivity index (χ1n) is 6.89. The number of aromatic nitrogens is 1. The van der Waals surface area contributed by atoms with E-state index in [0.717, 1.165) is 36.1 Å². The van der Waals surface area contributed by atoms with Crippen LogP contribution in [0.1, 0.15) is 41.9 Å². The average molecular weight is 353 g/mol. The lowest BCUT2D eigenvalue weighted by Crippen LogP contribution is -2.31. The molecule has 0 N–H and O–H groups in total. The van der Waals surface area contributed by atoms with E-state index in [0.29, 0.717) is 0 Å². The fourth-order valence-electron chi connectivity index (χ4n) is 2.88. The first-order valence-corrected chi connectivity index (χ1v) is 8.63. The van der Waals surface area contributed by atoms with Crippen molar-refractivity contribution in [1.29, 1.82) is 0 Å². The van der Waals surface area contributed by atoms with Gasteiger partial charge in [0.25, 0.3) is 5.91 Å². The zero-order valence-corrected chi connectivity index (χ0v) is 13.8. The van der Waals surface area contributed by atoms with Crippen LogP contribution in [0.4, 0.5) is 0 Å². The summed E-state index contributed by atoms with van der Waals surface area (Å²) < 4.78 is 2.98. The van der Waals surface area contributed by atoms with Crippen LogP contribution in [0.25, 0.3) is 0 Å². The Hall–Kier alpha value is -1.07. The lowest BCUT2D eigenvalue weighted by molar-refractivity contribution is 0.0725. The first kappa shape index (κ1) is 13.9. The molecule has 2 aromatic rings. The van der Waals surface area contributed by atoms with E-state index in [1.54, 1.807) is 11.3 Å². The van der Waals surface area contributed by atoms with Crippen molar-refractivity contribution in [3.05, 3.63) is 44.8 Å². The summed E-state index contributed by atoms with van der Waals surface area (Å²) in [5, 5.41) is 4.24. The number of rotatable bonds is 3. The van der Waals surface area contributed by atoms with Gasteiger partial charge in [-0.05, 0) is 64.2 Å². The van der Waals surface area contributed by atoms with E-state index in [4.69, 9.17) is 0 Å². The maximum Gasteiger partial charge on any atom is 0.271 e. The van der Waals surface area contributed by atoms with Crippen molar-refractivity contribution in [2.24, 2.45) is 0 Å². The largest absolute Gasteiger partial charge is 0.343 e. The number of carbonyl (C=O) groups excluding carboxylic acids is 1. The van der Waals surface area contributed by atoms with Crippen LogP contribution in [0.15, 0.2) is 33.6 Å². The molecule has 1 aliphatic heterocycles. The van der Waals surface area contributed by atoms with Crippen LogP contribution >= 0.6 is 27.3 Å². The van der Waals surface area contributed by atoms with Crippen molar-refractivity contribution >= 4 is 33.2 Å². The Balaban J connectivity index is 1.89. The van der Waals surface area contributed by atoms with Gasteiger partial charge in [0.15, 0.2) is 0 Å². The van der Waals surface area contributed by atoms with Crippen LogP contribution in [-0.2, 0) is 6.54 Å². The van der Waals surface area contributed by atoms with Crippen molar-refractivity contribution < 1.29 is 4.79 Å². The summed E-state index contributed by atoms with van der Waals surface area (Å²) in [5.74, 6) is 0.145. The highest BCUT2D eigenvalue weighted by molar-refractivity contribution is 9.10. The van der Waals surface area contributed by atoms with Gasteiger partial charge in [0, 0.05) is 23.8 Å². The van der Waals surface area contributed by atoms with Gasteiger partial charge in [-0.2, -0.15) is 11.3 Å². The fraction of sp³-hybridized carbons (Fsp3) is 0.400. The van der Waals surface area contributed by atoms with Crippen LogP contribution < -0.4 is 0 Å². The second-order valence-electron chi connectivity index (χ2n) is 5.04. The number of hydrogen-bond donors (Lipinski definition) is 0. The Kier molecular flexibility index (Phi) is 3.98. The number of aryl methyl sites for hydroxylation is 1. The number of nitrogens with zero attached hydrogens (tertiary/aromatic N) is 2. The van der Waals surface area contributed by atoms with E-state index >= 15 is 0 Å². The fourth-order valence-corrected chi connectivity index (χ4v) is 4.05. The SMILES string of the molecule is CCn1cc(Br)cc1C(=O)N1CCCC1c1ccsc1. The highest BCUT2D eigenvalue weighted by atomic mass is 79.9. The predicted octanol–water partition coefficient (Wildman–Crippen LogP) is 4.31. The van der Waals surface area contributed by atoms with Gasteiger partial charge in [-0.25, -0.2) is 0 Å². The number of likely N-dealkylation sites (tertiary alicyclic amines) is 1. The first-order chi connectivity index (χ1) is 9.70. The summed E-state index contributed by atoms with van der Waals surface area (Å²) in [6, 6.07) is 4.30. The van der Waals surface area contributed by atoms with Gasteiger partial charge in [-0.15, -0.1) is 0 Å². The normalized spacial score (nSPS) is 18.7. The number of hydrogen-bond acceptors (Lipinski definition) is 2. The molecular formula is C15H17BrN2OS. The second-order valence-corrected chi connectivity index (χ2v) is 6.74. The van der Waals surface area contributed by atoms with Crippen LogP contribution in [0, 0.1) is 0 Å². The highest BCUT2D eigenvalue weighted by Gasteiger charge is 2.32. The van der Waals surface area contributed by atoms with E-state index in [1.807, 2.05) is 21.7 Å². The minimum absolute atomic E-state index is 0.145. The van der Waals surface area contributed by atoms with Gasteiger partial charge in [0.05, 0.1) is 6.04 Å². The topological polar surface area (TPSA) is 25.2 Å². The molecule has 0 radical (unpaired) electrons. The number of thiophene rings is 1. The van der Waals surface area contributed by atoms with E-state index in [1.165, 1.54) is 5.56 Å². The monoisotopic (exact) mass is 352 g/mol. The van der Waals surface area contributed by atoms with E-state index in [9.17, 15) is 4.79 Å². The maximum absolute atomic E-state index is 12.8. The minimum Gasteiger partial charge on any atom is -0.343 e. The standard InChI is InChI=1S/C15H17BrN2OS/c1-2-17-9-12(16)8-14(17)15(19)18-6-3-4-13(18)11-5-7-20-10-11/h5,7-10,13H,2-4,6H2,1H3. The predicted molar refractivity (Wildman–Crippen MR) is 85.1 cm³/mol. The summed E-state index contributed by atoms with van der Waals surface area (Å²) in [7, 11) is 0. The lowest BCUT2D eigenvalue weighted by Gasteiger charge is -2.24. The molecule has 1 fully saturated rings. The number of amides is 1. The molecule has 1 amide bonds. The van der Waals surface area contributed by atoms with Gasteiger partial charge < -0.3 is 9.47 Å². The molecule has 0 aliphatic carbocycles. The zero-order valence-electron chi connectivity index (χ0n) is 11.4. The van der Waals surface area contributed by atoms with Gasteiger partial charge in [-0.3, -0.25) is 4.79 Å². The molecule has 1 atom stereocenters. The molecule has 20 heavy (non-hydrogen) atoms. The summed E-state index contributed by atoms with van der Waals surface area (Å²) in [6.45, 7) is 3.72. The second kappa shape index (κ2) is 5.74. The summed E-state index contributed by atoms with van der Waals surface area (Å²) in [4.78, 5) is 14.9. The third-order valence-electron chi connectivity index (χ3n) is 3.86. The lowest BCUT2D eigenvalue weighted by atomic mass is 10.1. The van der Waals surface area contributed by atoms with Gasteiger partial charge in [0.1, 0.15) is 5.69 Å². The molecule has 1 aliphatic rings. The Bertz CT molecular complexity index is 605. The third-order valence-corrected chi connectivity index (χ3v) is 5.00. The maximum atomic E-state index is 12.8. The van der Waals surface area contributed by atoms with Crippen LogP contribution in [-0.4, -0.2) is 21.9 Å². The summed E-state index contributed by atoms with van der Waals surface area (Å²) in [5.41, 5.74) is 2.05. The Morgan fingerprint density at radius 1 is 1.55 bits per heavy atom. The summed E-state index contributed by atoms with van der Waals surface area (Å²) >= 11 is 5.16. The van der Waals surface area contributed by atoms with Crippen molar-refractivity contribution in [3.63, 3.8) is 0 Å². The molecule has 2 aromatic heterocycles. The molecule has 3 heterocycles. The molecule has 0 spiro atoms. The van der Waals surface area contributed by atoms with Crippen LogP contribution in [0.5, 0.6) is 0 Å². The zero-order chi connectivity index (χ0) is 14.1. The number of carbonyl (C=O) groups is 1. The molecule has 5 heteroatoms. The van der Waals surface area contributed by atoms with E-state index in [-0.39, 0.29) is 11.9 Å². The van der Waals surface area contributed by atoms with Crippen molar-refractivity contribution in [3.8, 4) is 0 Å². The molecule has 0 saturated carbocycles. The molecule has 1 saturated heterocycles. The van der Waals surface area contributed by atoms with Crippen molar-refractivity contribution in [1.82, 2.24) is 9.47 Å². The van der Waals surface area contributed by atoms with Crippen molar-refractivity contribution in [2.75, 3.05) is 6.54 Å². The highest BCUT2D eigenvalue weighted by Crippen LogP contribution is 2.34. The summed E-state index contributed by atoms with van der Waals surface area (Å²) in [6.07, 6.45) is 4.12. The molecule has 1 unspecified atom stereocenters. The number of halogens is 1. The molecule has 0 bridgehead atoms. The van der Waals surface area contributed by atoms with Crippen molar-refractivity contribution in [2.45, 2.75) is 32.4 Å². The third kappa shape index (κ3) is 2.44. The average Bonchev–Trinajstić information content (AvgIpc) is 3.16. The molecule has 0 aromatic carbocycles. The van der Waals surface area contributed by atoms with Gasteiger partial charge in [0.2, 0.25) is 0 Å². The molecule has 3 nitrogen and oxygen atoms in total. The molecule has 106 valence electrons.